The number of fused-ring (bicyclic) bond motifs is 1. The Morgan fingerprint density at radius 2 is 1.79 bits per heavy atom. The minimum atomic E-state index is -3.92. The summed E-state index contributed by atoms with van der Waals surface area (Å²) in [5, 5.41) is 2.61. The third kappa shape index (κ3) is 4.37. The normalized spacial score (nSPS) is 11.4. The molecular weight excluding hydrogens is 472 g/mol. The highest BCUT2D eigenvalue weighted by atomic mass is 32.2. The van der Waals surface area contributed by atoms with Crippen LogP contribution in [0, 0.1) is 11.6 Å². The molecule has 1 heterocycles. The first-order chi connectivity index (χ1) is 15.7. The molecule has 4 rings (SSSR count). The first-order valence-corrected chi connectivity index (χ1v) is 11.8. The third-order valence-corrected chi connectivity index (χ3v) is 7.54. The molecule has 0 saturated carbocycles. The number of hydrogen-bond acceptors (Lipinski definition) is 6. The second-order valence-corrected chi connectivity index (χ2v) is 9.88. The molecule has 0 atom stereocenters. The number of ether oxygens (including phenoxy) is 1. The molecule has 3 aromatic carbocycles. The van der Waals surface area contributed by atoms with Crippen molar-refractivity contribution in [3.8, 4) is 5.75 Å². The number of halogens is 2. The summed E-state index contributed by atoms with van der Waals surface area (Å²) in [7, 11) is -1.06. The summed E-state index contributed by atoms with van der Waals surface area (Å²) < 4.78 is 59.8. The lowest BCUT2D eigenvalue weighted by Gasteiger charge is -2.21. The Kier molecular flexibility index (Phi) is 6.00. The number of para-hydroxylation sites is 2. The quantitative estimate of drug-likeness (QED) is 0.426. The van der Waals surface area contributed by atoms with Crippen molar-refractivity contribution < 1.29 is 26.7 Å². The van der Waals surface area contributed by atoms with Gasteiger partial charge in [-0.25, -0.2) is 22.2 Å². The van der Waals surface area contributed by atoms with Crippen molar-refractivity contribution in [1.82, 2.24) is 4.98 Å². The summed E-state index contributed by atoms with van der Waals surface area (Å²) in [5.41, 5.74) is 0.485. The molecule has 0 aliphatic carbocycles. The number of methoxy groups -OCH3 is 1. The number of benzene rings is 3. The van der Waals surface area contributed by atoms with E-state index in [2.05, 4.69) is 10.3 Å². The van der Waals surface area contributed by atoms with Gasteiger partial charge >= 0.3 is 0 Å². The molecule has 1 amide bonds. The summed E-state index contributed by atoms with van der Waals surface area (Å²) in [6, 6.07) is 13.9. The lowest BCUT2D eigenvalue weighted by Crippen LogP contribution is -2.27. The summed E-state index contributed by atoms with van der Waals surface area (Å²) >= 11 is 0.924. The largest absolute Gasteiger partial charge is 0.495 e. The average Bonchev–Trinajstić information content (AvgIpc) is 3.21. The number of carbonyl (C=O) groups is 1. The van der Waals surface area contributed by atoms with Gasteiger partial charge in [0.25, 0.3) is 15.9 Å². The topological polar surface area (TPSA) is 88.6 Å². The molecule has 1 N–H and O–H groups in total. The molecule has 0 aliphatic heterocycles. The molecular formula is C22H17F2N3O4S2. The van der Waals surface area contributed by atoms with E-state index in [1.54, 1.807) is 24.3 Å². The second kappa shape index (κ2) is 8.75. The molecule has 4 aromatic rings. The van der Waals surface area contributed by atoms with Crippen LogP contribution in [-0.4, -0.2) is 33.5 Å². The van der Waals surface area contributed by atoms with Gasteiger partial charge in [-0.15, -0.1) is 0 Å². The van der Waals surface area contributed by atoms with Crippen LogP contribution in [0.5, 0.6) is 5.75 Å². The average molecular weight is 490 g/mol. The first-order valence-electron chi connectivity index (χ1n) is 9.49. The maximum atomic E-state index is 13.8. The number of aromatic nitrogens is 1. The smallest absolute Gasteiger partial charge is 0.264 e. The SMILES string of the molecule is COc1ccccc1N(C)S(=O)(=O)c1ccc(C(=O)Nc2nc3c(F)cc(F)cc3s2)cc1. The van der Waals surface area contributed by atoms with E-state index < -0.39 is 27.6 Å². The van der Waals surface area contributed by atoms with E-state index in [4.69, 9.17) is 4.74 Å². The fraction of sp³-hybridized carbons (Fsp3) is 0.0909. The van der Waals surface area contributed by atoms with Gasteiger partial charge in [-0.05, 0) is 42.5 Å². The number of nitrogens with one attached hydrogen (secondary N) is 1. The Bertz CT molecular complexity index is 1450. The van der Waals surface area contributed by atoms with Crippen molar-refractivity contribution in [3.63, 3.8) is 0 Å². The first kappa shape index (κ1) is 22.6. The summed E-state index contributed by atoms with van der Waals surface area (Å²) in [4.78, 5) is 16.5. The van der Waals surface area contributed by atoms with Crippen LogP contribution in [0.3, 0.4) is 0 Å². The predicted molar refractivity (Wildman–Crippen MR) is 123 cm³/mol. The minimum Gasteiger partial charge on any atom is -0.495 e. The van der Waals surface area contributed by atoms with Crippen molar-refractivity contribution in [2.75, 3.05) is 23.8 Å². The molecule has 0 spiro atoms. The van der Waals surface area contributed by atoms with Crippen LogP contribution in [0.1, 0.15) is 10.4 Å². The lowest BCUT2D eigenvalue weighted by atomic mass is 10.2. The number of thiazole rings is 1. The monoisotopic (exact) mass is 489 g/mol. The fourth-order valence-corrected chi connectivity index (χ4v) is 5.24. The molecule has 0 aliphatic rings. The predicted octanol–water partition coefficient (Wildman–Crippen LogP) is 4.66. The zero-order chi connectivity index (χ0) is 23.8. The van der Waals surface area contributed by atoms with Crippen LogP contribution >= 0.6 is 11.3 Å². The summed E-state index contributed by atoms with van der Waals surface area (Å²) in [6.07, 6.45) is 0. The number of hydrogen-bond donors (Lipinski definition) is 1. The van der Waals surface area contributed by atoms with E-state index in [1.807, 2.05) is 0 Å². The molecule has 0 saturated heterocycles. The molecule has 7 nitrogen and oxygen atoms in total. The van der Waals surface area contributed by atoms with Gasteiger partial charge < -0.3 is 4.74 Å². The zero-order valence-corrected chi connectivity index (χ0v) is 19.0. The van der Waals surface area contributed by atoms with Gasteiger partial charge in [-0.1, -0.05) is 23.5 Å². The highest BCUT2D eigenvalue weighted by Gasteiger charge is 2.24. The van der Waals surface area contributed by atoms with Crippen molar-refractivity contribution in [3.05, 3.63) is 77.9 Å². The van der Waals surface area contributed by atoms with Crippen LogP contribution in [0.4, 0.5) is 19.6 Å². The number of anilines is 2. The van der Waals surface area contributed by atoms with E-state index in [9.17, 15) is 22.0 Å². The van der Waals surface area contributed by atoms with E-state index in [0.717, 1.165) is 27.8 Å². The molecule has 33 heavy (non-hydrogen) atoms. The Hall–Kier alpha value is -3.57. The lowest BCUT2D eigenvalue weighted by molar-refractivity contribution is 0.102. The Morgan fingerprint density at radius 1 is 1.09 bits per heavy atom. The van der Waals surface area contributed by atoms with Gasteiger partial charge in [0, 0.05) is 18.7 Å². The van der Waals surface area contributed by atoms with E-state index in [1.165, 1.54) is 38.4 Å². The molecule has 0 fully saturated rings. The van der Waals surface area contributed by atoms with Crippen molar-refractivity contribution in [2.24, 2.45) is 0 Å². The molecule has 0 unspecified atom stereocenters. The highest BCUT2D eigenvalue weighted by molar-refractivity contribution is 7.92. The second-order valence-electron chi connectivity index (χ2n) is 6.88. The summed E-state index contributed by atoms with van der Waals surface area (Å²) in [6.45, 7) is 0. The number of carbonyl (C=O) groups excluding carboxylic acids is 1. The number of sulfonamides is 1. The van der Waals surface area contributed by atoms with Gasteiger partial charge in [0.2, 0.25) is 0 Å². The van der Waals surface area contributed by atoms with E-state index in [-0.39, 0.29) is 25.8 Å². The molecule has 170 valence electrons. The minimum absolute atomic E-state index is 0.0232. The van der Waals surface area contributed by atoms with Gasteiger partial charge in [0.15, 0.2) is 10.9 Å². The Balaban J connectivity index is 1.55. The van der Waals surface area contributed by atoms with Gasteiger partial charge in [-0.3, -0.25) is 14.4 Å². The van der Waals surface area contributed by atoms with Crippen molar-refractivity contribution >= 4 is 48.3 Å². The van der Waals surface area contributed by atoms with Gasteiger partial charge in [-0.2, -0.15) is 0 Å². The standard InChI is InChI=1S/C22H17F2N3O4S2/c1-27(17-5-3-4-6-18(17)31-2)33(29,30)15-9-7-13(8-10-15)21(28)26-22-25-20-16(24)11-14(23)12-19(20)32-22/h3-12H,1-2H3,(H,25,26,28). The van der Waals surface area contributed by atoms with E-state index in [0.29, 0.717) is 11.4 Å². The van der Waals surface area contributed by atoms with Crippen LogP contribution < -0.4 is 14.4 Å². The van der Waals surface area contributed by atoms with Crippen LogP contribution in [-0.2, 0) is 10.0 Å². The van der Waals surface area contributed by atoms with Crippen molar-refractivity contribution in [1.29, 1.82) is 0 Å². The maximum Gasteiger partial charge on any atom is 0.264 e. The van der Waals surface area contributed by atoms with E-state index >= 15 is 0 Å². The van der Waals surface area contributed by atoms with Crippen molar-refractivity contribution in [2.45, 2.75) is 4.90 Å². The Morgan fingerprint density at radius 3 is 2.48 bits per heavy atom. The molecule has 1 aromatic heterocycles. The Labute approximate surface area is 192 Å². The highest BCUT2D eigenvalue weighted by Crippen LogP contribution is 2.31. The zero-order valence-electron chi connectivity index (χ0n) is 17.4. The van der Waals surface area contributed by atoms with Gasteiger partial charge in [0.05, 0.1) is 22.4 Å². The fourth-order valence-electron chi connectivity index (χ4n) is 3.14. The third-order valence-electron chi connectivity index (χ3n) is 4.83. The maximum absolute atomic E-state index is 13.8. The number of nitrogens with zero attached hydrogens (tertiary/aromatic N) is 2. The number of rotatable bonds is 6. The molecule has 0 radical (unpaired) electrons. The van der Waals surface area contributed by atoms with Gasteiger partial charge in [0.1, 0.15) is 17.1 Å². The van der Waals surface area contributed by atoms with Crippen LogP contribution in [0.2, 0.25) is 0 Å². The summed E-state index contributed by atoms with van der Waals surface area (Å²) in [5.74, 6) is -1.74. The number of amides is 1. The molecule has 0 bridgehead atoms. The molecule has 11 heteroatoms. The van der Waals surface area contributed by atoms with Crippen LogP contribution in [0.15, 0.2) is 65.6 Å². The van der Waals surface area contributed by atoms with Crippen LogP contribution in [0.25, 0.3) is 10.2 Å².